The minimum Gasteiger partial charge on any atom is -0.457 e. The summed E-state index contributed by atoms with van der Waals surface area (Å²) in [7, 11) is 0. The van der Waals surface area contributed by atoms with E-state index < -0.39 is 0 Å². The van der Waals surface area contributed by atoms with Crippen molar-refractivity contribution in [2.24, 2.45) is 0 Å². The number of fused-ring (bicyclic) bond motifs is 10. The Morgan fingerprint density at radius 3 is 1.16 bits per heavy atom. The zero-order valence-corrected chi connectivity index (χ0v) is 54.4. The van der Waals surface area contributed by atoms with Gasteiger partial charge in [0.15, 0.2) is 0 Å². The summed E-state index contributed by atoms with van der Waals surface area (Å²) < 4.78 is 15.2. The van der Waals surface area contributed by atoms with E-state index in [0.29, 0.717) is 101 Å². The SMILES string of the molecule is CCCCN1C(=O)c2ccc3c4c(Oc5ccc(C6=CC7=C8CCCC8=C8C=C(Cl)SC8(C)C7(C)S6)cc5)cc5c6c(ccc(c7c(Oc8ccc(C9=CC%10=C%11CCCC%11=C%11C=C(Cl)SC%11(C)C%10(C)S9)cc8)cc(c2c37)C1=O)c64)C(=O)N(CCCC)C5=O. The molecule has 7 aromatic rings. The molecule has 2 saturated carbocycles. The van der Waals surface area contributed by atoms with E-state index in [1.165, 1.54) is 64.2 Å². The second-order valence-corrected chi connectivity index (χ2v) is 32.7. The van der Waals surface area contributed by atoms with E-state index in [2.05, 4.69) is 76.3 Å². The molecule has 0 N–H and O–H groups in total. The lowest BCUT2D eigenvalue weighted by Gasteiger charge is -2.46. The van der Waals surface area contributed by atoms with E-state index in [9.17, 15) is 9.59 Å². The molecule has 0 saturated heterocycles. The molecule has 8 nitrogen and oxygen atoms in total. The van der Waals surface area contributed by atoms with Crippen molar-refractivity contribution in [1.29, 1.82) is 0 Å². The minimum atomic E-state index is -0.382. The molecule has 4 amide bonds. The van der Waals surface area contributed by atoms with Crippen molar-refractivity contribution in [2.75, 3.05) is 13.1 Å². The van der Waals surface area contributed by atoms with Crippen molar-refractivity contribution in [3.63, 3.8) is 0 Å². The van der Waals surface area contributed by atoms with Crippen LogP contribution in [-0.2, 0) is 0 Å². The molecule has 0 spiro atoms. The standard InChI is InChI=1S/C74H60Cl2N2O6S4/c1-7-9-29-77-67(79)47-27-25-45-64-56(84-40-23-19-38(20-24-40)58-34-52-42-14-12-16-44(42)54-36-60(76)88-74(54,6)72(52,4)86-58)32-50-62-48(68(80)78(70(50)82)30-10-8-2)28-26-46(66(62)64)63-55(31-49(69(77)81)61(47)65(45)63)83-39-21-17-37(18-22-39)57-33-51-41-13-11-15-43(41)53-35-59(75)87-73(53,5)71(51,3)85-57/h17-28,31-36H,7-16,29-30H2,1-6H3. The van der Waals surface area contributed by atoms with Gasteiger partial charge in [-0.25, -0.2) is 0 Å². The molecule has 4 atom stereocenters. The van der Waals surface area contributed by atoms with Crippen LogP contribution in [-0.4, -0.2) is 65.5 Å². The van der Waals surface area contributed by atoms with Crippen LogP contribution >= 0.6 is 70.2 Å². The first-order chi connectivity index (χ1) is 42.5. The number of carbonyl (C=O) groups is 4. The molecule has 4 aliphatic carbocycles. The number of thioether (sulfide) groups is 4. The van der Waals surface area contributed by atoms with Crippen LogP contribution < -0.4 is 9.47 Å². The molecule has 6 aliphatic heterocycles. The smallest absolute Gasteiger partial charge is 0.261 e. The largest absolute Gasteiger partial charge is 0.457 e. The lowest BCUT2D eigenvalue weighted by Crippen LogP contribution is -2.47. The van der Waals surface area contributed by atoms with Crippen LogP contribution in [0.2, 0.25) is 0 Å². The van der Waals surface area contributed by atoms with Crippen LogP contribution in [0.1, 0.15) is 158 Å². The zero-order chi connectivity index (χ0) is 60.2. The number of unbranched alkanes of at least 4 members (excludes halogenated alkanes) is 2. The summed E-state index contributed by atoms with van der Waals surface area (Å²) in [6.45, 7) is 14.1. The van der Waals surface area contributed by atoms with Crippen molar-refractivity contribution in [3.8, 4) is 23.0 Å². The number of hydrogen-bond acceptors (Lipinski definition) is 10. The molecule has 14 heteroatoms. The second kappa shape index (κ2) is 19.6. The van der Waals surface area contributed by atoms with Gasteiger partial charge < -0.3 is 9.47 Å². The fourth-order valence-electron chi connectivity index (χ4n) is 16.4. The molecule has 0 bridgehead atoms. The quantitative estimate of drug-likeness (QED) is 0.0669. The number of benzene rings is 7. The number of imide groups is 2. The van der Waals surface area contributed by atoms with Gasteiger partial charge in [-0.05, 0) is 218 Å². The highest BCUT2D eigenvalue weighted by molar-refractivity contribution is 8.13. The van der Waals surface area contributed by atoms with Crippen molar-refractivity contribution < 1.29 is 28.7 Å². The van der Waals surface area contributed by atoms with Gasteiger partial charge in [-0.3, -0.25) is 29.0 Å². The fourth-order valence-corrected chi connectivity index (χ4v) is 23.3. The van der Waals surface area contributed by atoms with Gasteiger partial charge in [0.2, 0.25) is 0 Å². The third kappa shape index (κ3) is 7.42. The maximum atomic E-state index is 15.1. The van der Waals surface area contributed by atoms with Gasteiger partial charge >= 0.3 is 0 Å². The van der Waals surface area contributed by atoms with Crippen molar-refractivity contribution in [2.45, 2.75) is 125 Å². The molecule has 440 valence electrons. The van der Waals surface area contributed by atoms with E-state index >= 15 is 9.59 Å². The lowest BCUT2D eigenvalue weighted by molar-refractivity contribution is 0.0593. The number of rotatable bonds is 12. The molecule has 7 aromatic carbocycles. The number of carbonyl (C=O) groups excluding carboxylic acids is 4. The Balaban J connectivity index is 0.813. The average Bonchev–Trinajstić information content (AvgIpc) is 1.23. The van der Waals surface area contributed by atoms with Gasteiger partial charge in [-0.2, -0.15) is 0 Å². The van der Waals surface area contributed by atoms with E-state index in [1.807, 2.05) is 85.9 Å². The molecule has 0 aromatic heterocycles. The normalized spacial score (nSPS) is 25.9. The average molecular weight is 1270 g/mol. The summed E-state index contributed by atoms with van der Waals surface area (Å²) in [4.78, 5) is 64.7. The van der Waals surface area contributed by atoms with Gasteiger partial charge in [0.1, 0.15) is 23.0 Å². The monoisotopic (exact) mass is 1270 g/mol. The first kappa shape index (κ1) is 55.7. The van der Waals surface area contributed by atoms with Crippen molar-refractivity contribution in [3.05, 3.63) is 196 Å². The number of nitrogens with zero attached hydrogens (tertiary/aromatic N) is 2. The van der Waals surface area contributed by atoms with Gasteiger partial charge in [-0.15, -0.1) is 47.0 Å². The highest BCUT2D eigenvalue weighted by Gasteiger charge is 2.61. The van der Waals surface area contributed by atoms with E-state index in [-0.39, 0.29) is 55.7 Å². The molecule has 88 heavy (non-hydrogen) atoms. The van der Waals surface area contributed by atoms with Crippen molar-refractivity contribution >= 4 is 147 Å². The number of hydrogen-bond donors (Lipinski definition) is 0. The fraction of sp³-hybridized carbons (Fsp3) is 0.297. The van der Waals surface area contributed by atoms with Crippen LogP contribution in [0.25, 0.3) is 52.9 Å². The highest BCUT2D eigenvalue weighted by atomic mass is 35.5. The topological polar surface area (TPSA) is 93.2 Å². The Hall–Kier alpha value is -6.38. The van der Waals surface area contributed by atoms with E-state index in [4.69, 9.17) is 32.7 Å². The zero-order valence-electron chi connectivity index (χ0n) is 49.6. The maximum Gasteiger partial charge on any atom is 0.261 e. The summed E-state index contributed by atoms with van der Waals surface area (Å²) in [5.41, 5.74) is 15.2. The predicted octanol–water partition coefficient (Wildman–Crippen LogP) is 20.6. The molecule has 6 heterocycles. The van der Waals surface area contributed by atoms with Crippen molar-refractivity contribution in [1.82, 2.24) is 9.80 Å². The highest BCUT2D eigenvalue weighted by Crippen LogP contribution is 2.72. The van der Waals surface area contributed by atoms with Crippen LogP contribution in [0.15, 0.2) is 163 Å². The number of allylic oxidation sites excluding steroid dienone is 8. The van der Waals surface area contributed by atoms with Crippen LogP contribution in [0.4, 0.5) is 0 Å². The Kier molecular flexibility index (Phi) is 12.4. The molecular weight excluding hydrogens is 1210 g/mol. The third-order valence-corrected chi connectivity index (χ3v) is 27.9. The third-order valence-electron chi connectivity index (χ3n) is 21.0. The Morgan fingerprint density at radius 2 is 0.784 bits per heavy atom. The van der Waals surface area contributed by atoms with Gasteiger partial charge in [0, 0.05) is 66.3 Å². The maximum absolute atomic E-state index is 15.1. The first-order valence-electron chi connectivity index (χ1n) is 30.9. The first-order valence-corrected chi connectivity index (χ1v) is 34.9. The van der Waals surface area contributed by atoms with Crippen LogP contribution in [0.3, 0.4) is 0 Å². The van der Waals surface area contributed by atoms with E-state index in [0.717, 1.165) is 71.2 Å². The van der Waals surface area contributed by atoms with Gasteiger partial charge in [-0.1, -0.05) is 86.3 Å². The van der Waals surface area contributed by atoms with Gasteiger partial charge in [0.05, 0.1) is 38.8 Å². The summed E-state index contributed by atoms with van der Waals surface area (Å²) in [5.74, 6) is 0.494. The summed E-state index contributed by atoms with van der Waals surface area (Å²) >= 11 is 21.1. The summed E-state index contributed by atoms with van der Waals surface area (Å²) in [5, 5.41) is 5.13. The summed E-state index contributed by atoms with van der Waals surface area (Å²) in [6.07, 6.45) is 18.7. The molecule has 0 radical (unpaired) electrons. The Bertz CT molecular complexity index is 4480. The lowest BCUT2D eigenvalue weighted by atomic mass is 9.72. The molecule has 4 unspecified atom stereocenters. The van der Waals surface area contributed by atoms with Gasteiger partial charge in [0.25, 0.3) is 23.6 Å². The number of halogens is 2. The number of amides is 4. The van der Waals surface area contributed by atoms with E-state index in [1.54, 1.807) is 35.7 Å². The minimum absolute atomic E-state index is 0.206. The predicted molar refractivity (Wildman–Crippen MR) is 365 cm³/mol. The molecular formula is C74H60Cl2N2O6S4. The van der Waals surface area contributed by atoms with Crippen LogP contribution in [0, 0.1) is 0 Å². The second-order valence-electron chi connectivity index (χ2n) is 25.6. The van der Waals surface area contributed by atoms with Crippen LogP contribution in [0.5, 0.6) is 23.0 Å². The Labute approximate surface area is 537 Å². The molecule has 17 rings (SSSR count). The molecule has 2 fully saturated rings. The summed E-state index contributed by atoms with van der Waals surface area (Å²) in [6, 6.07) is 27.6. The Morgan fingerprint density at radius 1 is 0.432 bits per heavy atom. The molecule has 10 aliphatic rings. The number of ether oxygens (including phenoxy) is 2.